The van der Waals surface area contributed by atoms with Gasteiger partial charge in [-0.25, -0.2) is 18.2 Å². The highest BCUT2D eigenvalue weighted by molar-refractivity contribution is 7.89. The van der Waals surface area contributed by atoms with Crippen LogP contribution in [-0.4, -0.2) is 96.9 Å². The SMILES string of the molecule is COCCCNC(=O)CN(C)c1ncc(C(=O)OC)cc1S(=O)(=O)N1CCOCC1. The fourth-order valence-electron chi connectivity index (χ4n) is 2.86. The van der Waals surface area contributed by atoms with Gasteiger partial charge in [-0.2, -0.15) is 4.31 Å². The summed E-state index contributed by atoms with van der Waals surface area (Å²) in [5, 5.41) is 2.74. The Morgan fingerprint density at radius 2 is 2.00 bits per heavy atom. The second-order valence-corrected chi connectivity index (χ2v) is 8.51. The van der Waals surface area contributed by atoms with Gasteiger partial charge >= 0.3 is 5.97 Å². The van der Waals surface area contributed by atoms with Gasteiger partial charge in [0.25, 0.3) is 0 Å². The van der Waals surface area contributed by atoms with Gasteiger partial charge in [-0.3, -0.25) is 4.79 Å². The zero-order valence-corrected chi connectivity index (χ0v) is 18.2. The number of carbonyl (C=O) groups excluding carboxylic acids is 2. The van der Waals surface area contributed by atoms with Crippen molar-refractivity contribution in [1.82, 2.24) is 14.6 Å². The number of hydrogen-bond acceptors (Lipinski definition) is 9. The molecule has 1 amide bonds. The Balaban J connectivity index is 2.29. The molecule has 1 aliphatic heterocycles. The van der Waals surface area contributed by atoms with Crippen LogP contribution in [0.1, 0.15) is 16.8 Å². The van der Waals surface area contributed by atoms with Crippen molar-refractivity contribution in [2.24, 2.45) is 0 Å². The summed E-state index contributed by atoms with van der Waals surface area (Å²) in [6, 6.07) is 1.23. The molecule has 1 saturated heterocycles. The third-order valence-corrected chi connectivity index (χ3v) is 6.33. The van der Waals surface area contributed by atoms with Crippen molar-refractivity contribution in [3.05, 3.63) is 17.8 Å². The number of sulfonamides is 1. The largest absolute Gasteiger partial charge is 0.465 e. The van der Waals surface area contributed by atoms with Crippen LogP contribution in [0.4, 0.5) is 5.82 Å². The lowest BCUT2D eigenvalue weighted by Crippen LogP contribution is -2.42. The van der Waals surface area contributed by atoms with E-state index in [9.17, 15) is 18.0 Å². The molecule has 30 heavy (non-hydrogen) atoms. The van der Waals surface area contributed by atoms with E-state index in [0.29, 0.717) is 19.6 Å². The first kappa shape index (κ1) is 24.0. The Morgan fingerprint density at radius 1 is 1.30 bits per heavy atom. The molecular formula is C18H28N4O7S. The monoisotopic (exact) mass is 444 g/mol. The fourth-order valence-corrected chi connectivity index (χ4v) is 4.48. The Labute approximate surface area is 176 Å². The first-order chi connectivity index (χ1) is 14.3. The molecule has 0 saturated carbocycles. The molecule has 1 aromatic heterocycles. The lowest BCUT2D eigenvalue weighted by atomic mass is 10.3. The van der Waals surface area contributed by atoms with E-state index in [2.05, 4.69) is 15.0 Å². The van der Waals surface area contributed by atoms with E-state index in [4.69, 9.17) is 9.47 Å². The number of amides is 1. The van der Waals surface area contributed by atoms with Gasteiger partial charge in [-0.05, 0) is 12.5 Å². The maximum absolute atomic E-state index is 13.2. The highest BCUT2D eigenvalue weighted by Crippen LogP contribution is 2.27. The van der Waals surface area contributed by atoms with Crippen molar-refractivity contribution < 1.29 is 32.2 Å². The summed E-state index contributed by atoms with van der Waals surface area (Å²) in [5.41, 5.74) is 0.00509. The van der Waals surface area contributed by atoms with E-state index in [0.717, 1.165) is 0 Å². The number of morpholine rings is 1. The minimum absolute atomic E-state index is 0.00509. The number of esters is 1. The van der Waals surface area contributed by atoms with Gasteiger partial charge in [0, 0.05) is 46.6 Å². The molecule has 0 aromatic carbocycles. The van der Waals surface area contributed by atoms with Crippen LogP contribution in [0.3, 0.4) is 0 Å². The summed E-state index contributed by atoms with van der Waals surface area (Å²) < 4.78 is 42.6. The number of rotatable bonds is 10. The Kier molecular flexibility index (Phi) is 8.96. The molecule has 1 aliphatic rings. The molecule has 0 unspecified atom stereocenters. The van der Waals surface area contributed by atoms with Gasteiger partial charge in [0.05, 0.1) is 32.4 Å². The minimum atomic E-state index is -3.97. The van der Waals surface area contributed by atoms with Crippen LogP contribution >= 0.6 is 0 Å². The highest BCUT2D eigenvalue weighted by Gasteiger charge is 2.31. The van der Waals surface area contributed by atoms with E-state index < -0.39 is 16.0 Å². The van der Waals surface area contributed by atoms with Crippen LogP contribution in [0.5, 0.6) is 0 Å². The highest BCUT2D eigenvalue weighted by atomic mass is 32.2. The summed E-state index contributed by atoms with van der Waals surface area (Å²) in [6.45, 7) is 1.78. The topological polar surface area (TPSA) is 127 Å². The van der Waals surface area contributed by atoms with Gasteiger partial charge in [-0.1, -0.05) is 0 Å². The van der Waals surface area contributed by atoms with Crippen molar-refractivity contribution in [1.29, 1.82) is 0 Å². The molecule has 1 N–H and O–H groups in total. The maximum Gasteiger partial charge on any atom is 0.339 e. The molecule has 0 aliphatic carbocycles. The zero-order valence-electron chi connectivity index (χ0n) is 17.4. The number of methoxy groups -OCH3 is 2. The van der Waals surface area contributed by atoms with E-state index in [1.54, 1.807) is 14.2 Å². The van der Waals surface area contributed by atoms with Crippen LogP contribution in [0.15, 0.2) is 17.2 Å². The Morgan fingerprint density at radius 3 is 2.63 bits per heavy atom. The van der Waals surface area contributed by atoms with Crippen LogP contribution in [0.2, 0.25) is 0 Å². The molecule has 0 bridgehead atoms. The molecule has 2 rings (SSSR count). The number of aromatic nitrogens is 1. The average molecular weight is 445 g/mol. The minimum Gasteiger partial charge on any atom is -0.465 e. The van der Waals surface area contributed by atoms with Gasteiger partial charge in [-0.15, -0.1) is 0 Å². The van der Waals surface area contributed by atoms with Crippen molar-refractivity contribution in [3.63, 3.8) is 0 Å². The quantitative estimate of drug-likeness (QED) is 0.374. The van der Waals surface area contributed by atoms with E-state index in [1.807, 2.05) is 0 Å². The molecular weight excluding hydrogens is 416 g/mol. The third-order valence-electron chi connectivity index (χ3n) is 4.43. The standard InChI is InChI=1S/C18H28N4O7S/c1-21(13-16(23)19-5-4-8-27-2)17-15(11-14(12-20-17)18(24)28-3)30(25,26)22-6-9-29-10-7-22/h11-12H,4-10,13H2,1-3H3,(H,19,23). The van der Waals surface area contributed by atoms with Crippen molar-refractivity contribution in [3.8, 4) is 0 Å². The molecule has 0 atom stereocenters. The molecule has 0 spiro atoms. The molecule has 12 heteroatoms. The Hall–Kier alpha value is -2.28. The number of hydrogen-bond donors (Lipinski definition) is 1. The second kappa shape index (κ2) is 11.2. The normalized spacial score (nSPS) is 14.9. The first-order valence-electron chi connectivity index (χ1n) is 9.44. The Bertz CT molecular complexity index is 841. The smallest absolute Gasteiger partial charge is 0.339 e. The van der Waals surface area contributed by atoms with Crippen LogP contribution < -0.4 is 10.2 Å². The number of nitrogens with zero attached hydrogens (tertiary/aromatic N) is 3. The van der Waals surface area contributed by atoms with E-state index >= 15 is 0 Å². The zero-order chi connectivity index (χ0) is 22.1. The van der Waals surface area contributed by atoms with Crippen LogP contribution in [-0.2, 0) is 29.0 Å². The maximum atomic E-state index is 13.2. The number of ether oxygens (including phenoxy) is 3. The molecule has 2 heterocycles. The molecule has 1 aromatic rings. The van der Waals surface area contributed by atoms with Gasteiger partial charge in [0.1, 0.15) is 10.7 Å². The number of pyridine rings is 1. The summed E-state index contributed by atoms with van der Waals surface area (Å²) in [4.78, 5) is 29.5. The van der Waals surface area contributed by atoms with Gasteiger partial charge in [0.15, 0.2) is 0 Å². The predicted octanol–water partition coefficient (Wildman–Crippen LogP) is -0.522. The van der Waals surface area contributed by atoms with Gasteiger partial charge in [0.2, 0.25) is 15.9 Å². The lowest BCUT2D eigenvalue weighted by Gasteiger charge is -2.28. The summed E-state index contributed by atoms with van der Waals surface area (Å²) in [7, 11) is 0.374. The van der Waals surface area contributed by atoms with E-state index in [1.165, 1.54) is 28.6 Å². The van der Waals surface area contributed by atoms with Crippen molar-refractivity contribution in [2.75, 3.05) is 72.2 Å². The van der Waals surface area contributed by atoms with Crippen LogP contribution in [0, 0.1) is 0 Å². The predicted molar refractivity (Wildman–Crippen MR) is 108 cm³/mol. The summed E-state index contributed by atoms with van der Waals surface area (Å²) >= 11 is 0. The second-order valence-electron chi connectivity index (χ2n) is 6.61. The number of nitrogens with one attached hydrogen (secondary N) is 1. The molecule has 1 fully saturated rings. The third kappa shape index (κ3) is 6.11. The number of carbonyl (C=O) groups is 2. The van der Waals surface area contributed by atoms with Crippen molar-refractivity contribution >= 4 is 27.7 Å². The lowest BCUT2D eigenvalue weighted by molar-refractivity contribution is -0.119. The average Bonchev–Trinajstić information content (AvgIpc) is 2.76. The molecule has 11 nitrogen and oxygen atoms in total. The molecule has 168 valence electrons. The number of likely N-dealkylation sites (N-methyl/N-ethyl adjacent to an activating group) is 1. The fraction of sp³-hybridized carbons (Fsp3) is 0.611. The summed E-state index contributed by atoms with van der Waals surface area (Å²) in [5.74, 6) is -0.922. The van der Waals surface area contributed by atoms with Crippen LogP contribution in [0.25, 0.3) is 0 Å². The van der Waals surface area contributed by atoms with Gasteiger partial charge < -0.3 is 24.4 Å². The molecule has 0 radical (unpaired) electrons. The number of anilines is 1. The summed E-state index contributed by atoms with van der Waals surface area (Å²) in [6.07, 6.45) is 1.89. The van der Waals surface area contributed by atoms with Crippen molar-refractivity contribution in [2.45, 2.75) is 11.3 Å². The first-order valence-corrected chi connectivity index (χ1v) is 10.9. The van der Waals surface area contributed by atoms with E-state index in [-0.39, 0.29) is 55.0 Å².